The lowest BCUT2D eigenvalue weighted by Crippen LogP contribution is -2.31. The van der Waals surface area contributed by atoms with Crippen molar-refractivity contribution in [3.8, 4) is 5.75 Å². The number of ether oxygens (including phenoxy) is 1. The van der Waals surface area contributed by atoms with Crippen LogP contribution in [0.4, 0.5) is 18.9 Å². The summed E-state index contributed by atoms with van der Waals surface area (Å²) < 4.78 is 41.4. The molecule has 0 radical (unpaired) electrons. The summed E-state index contributed by atoms with van der Waals surface area (Å²) in [6.45, 7) is 0.761. The number of halogens is 4. The fourth-order valence-corrected chi connectivity index (χ4v) is 1.32. The van der Waals surface area contributed by atoms with Gasteiger partial charge in [0.05, 0.1) is 9.40 Å². The number of hydrogen-bond acceptors (Lipinski definition) is 4. The van der Waals surface area contributed by atoms with Crippen LogP contribution in [-0.2, 0) is 0 Å². The first-order chi connectivity index (χ1) is 7.73. The number of alkyl halides is 3. The largest absolute Gasteiger partial charge is 0.473 e. The second kappa shape index (κ2) is 4.86. The van der Waals surface area contributed by atoms with Crippen LogP contribution in [0.15, 0.2) is 16.9 Å². The van der Waals surface area contributed by atoms with Crippen molar-refractivity contribution < 1.29 is 22.8 Å². The van der Waals surface area contributed by atoms with E-state index < -0.39 is 28.6 Å². The molecule has 1 atom stereocenters. The summed E-state index contributed by atoms with van der Waals surface area (Å²) in [6, 6.07) is 0. The highest BCUT2D eigenvalue weighted by molar-refractivity contribution is 9.10. The summed E-state index contributed by atoms with van der Waals surface area (Å²) in [7, 11) is 0. The van der Waals surface area contributed by atoms with Crippen LogP contribution in [0.25, 0.3) is 0 Å². The van der Waals surface area contributed by atoms with Crippen molar-refractivity contribution in [2.75, 3.05) is 0 Å². The van der Waals surface area contributed by atoms with Crippen LogP contribution in [0, 0.1) is 10.1 Å². The molecule has 1 heterocycles. The third kappa shape index (κ3) is 3.29. The molecule has 0 spiro atoms. The Kier molecular flexibility index (Phi) is 3.91. The second-order valence-corrected chi connectivity index (χ2v) is 3.88. The van der Waals surface area contributed by atoms with E-state index in [0.29, 0.717) is 0 Å². The molecular formula is C8H6BrF3N2O3. The number of aromatic nitrogens is 1. The first-order valence-corrected chi connectivity index (χ1v) is 5.04. The predicted octanol–water partition coefficient (Wildman–Crippen LogP) is 3.08. The van der Waals surface area contributed by atoms with Gasteiger partial charge in [0.2, 0.25) is 5.75 Å². The average molecular weight is 315 g/mol. The van der Waals surface area contributed by atoms with Crippen molar-refractivity contribution in [2.24, 2.45) is 0 Å². The van der Waals surface area contributed by atoms with Crippen LogP contribution in [0.3, 0.4) is 0 Å². The van der Waals surface area contributed by atoms with E-state index in [2.05, 4.69) is 25.7 Å². The molecular weight excluding hydrogens is 309 g/mol. The molecule has 0 unspecified atom stereocenters. The summed E-state index contributed by atoms with van der Waals surface area (Å²) in [5.41, 5.74) is -0.629. The van der Waals surface area contributed by atoms with E-state index in [1.807, 2.05) is 0 Å². The Hall–Kier alpha value is -1.38. The van der Waals surface area contributed by atoms with Crippen molar-refractivity contribution >= 4 is 21.6 Å². The van der Waals surface area contributed by atoms with E-state index in [4.69, 9.17) is 0 Å². The Morgan fingerprint density at radius 2 is 2.12 bits per heavy atom. The monoisotopic (exact) mass is 314 g/mol. The standard InChI is InChI=1S/C8H6BrF3N2O3/c1-4(8(10,11)12)17-7-5(9)2-13-3-6(7)14(15)16/h2-4H,1H3/t4-/m0/s1. The SMILES string of the molecule is C[C@H](Oc1c(Br)cncc1[N+](=O)[O-])C(F)(F)F. The minimum atomic E-state index is -4.60. The van der Waals surface area contributed by atoms with Gasteiger partial charge in [-0.1, -0.05) is 0 Å². The van der Waals surface area contributed by atoms with E-state index in [-0.39, 0.29) is 4.47 Å². The molecule has 1 rings (SSSR count). The van der Waals surface area contributed by atoms with Crippen LogP contribution >= 0.6 is 15.9 Å². The fraction of sp³-hybridized carbons (Fsp3) is 0.375. The van der Waals surface area contributed by atoms with Gasteiger partial charge in [-0.05, 0) is 22.9 Å². The van der Waals surface area contributed by atoms with Crippen LogP contribution in [0.5, 0.6) is 5.75 Å². The van der Waals surface area contributed by atoms with Gasteiger partial charge in [0.25, 0.3) is 0 Å². The molecule has 0 fully saturated rings. The highest BCUT2D eigenvalue weighted by Gasteiger charge is 2.39. The van der Waals surface area contributed by atoms with Gasteiger partial charge in [-0.25, -0.2) is 0 Å². The zero-order valence-corrected chi connectivity index (χ0v) is 9.95. The molecule has 9 heteroatoms. The van der Waals surface area contributed by atoms with Gasteiger partial charge in [-0.3, -0.25) is 15.1 Å². The minimum absolute atomic E-state index is 0.0113. The summed E-state index contributed by atoms with van der Waals surface area (Å²) in [6.07, 6.45) is -4.81. The molecule has 0 amide bonds. The lowest BCUT2D eigenvalue weighted by Gasteiger charge is -2.17. The molecule has 0 aliphatic carbocycles. The van der Waals surface area contributed by atoms with Crippen LogP contribution in [0.2, 0.25) is 0 Å². The molecule has 0 aliphatic rings. The van der Waals surface area contributed by atoms with Crippen molar-refractivity contribution in [3.05, 3.63) is 27.0 Å². The van der Waals surface area contributed by atoms with E-state index in [1.165, 1.54) is 0 Å². The number of nitrogens with zero attached hydrogens (tertiary/aromatic N) is 2. The first-order valence-electron chi connectivity index (χ1n) is 4.24. The second-order valence-electron chi connectivity index (χ2n) is 3.03. The van der Waals surface area contributed by atoms with Gasteiger partial charge in [0, 0.05) is 6.20 Å². The molecule has 0 N–H and O–H groups in total. The Morgan fingerprint density at radius 1 is 1.53 bits per heavy atom. The number of pyridine rings is 1. The highest BCUT2D eigenvalue weighted by atomic mass is 79.9. The molecule has 5 nitrogen and oxygen atoms in total. The summed E-state index contributed by atoms with van der Waals surface area (Å²) in [4.78, 5) is 13.2. The molecule has 94 valence electrons. The Labute approximate surface area is 102 Å². The summed E-state index contributed by atoms with van der Waals surface area (Å²) in [5, 5.41) is 10.6. The third-order valence-electron chi connectivity index (χ3n) is 1.79. The lowest BCUT2D eigenvalue weighted by molar-refractivity contribution is -0.386. The van der Waals surface area contributed by atoms with Gasteiger partial charge in [0.1, 0.15) is 6.20 Å². The average Bonchev–Trinajstić information content (AvgIpc) is 2.18. The Morgan fingerprint density at radius 3 is 2.59 bits per heavy atom. The predicted molar refractivity (Wildman–Crippen MR) is 54.7 cm³/mol. The van der Waals surface area contributed by atoms with E-state index in [1.54, 1.807) is 0 Å². The molecule has 0 saturated heterocycles. The summed E-state index contributed by atoms with van der Waals surface area (Å²) in [5.74, 6) is -0.491. The third-order valence-corrected chi connectivity index (χ3v) is 2.35. The van der Waals surface area contributed by atoms with Crippen molar-refractivity contribution in [1.82, 2.24) is 4.98 Å². The van der Waals surface area contributed by atoms with Crippen molar-refractivity contribution in [3.63, 3.8) is 0 Å². The molecule has 1 aromatic rings. The number of nitro groups is 1. The normalized spacial score (nSPS) is 13.2. The topological polar surface area (TPSA) is 65.3 Å². The molecule has 17 heavy (non-hydrogen) atoms. The van der Waals surface area contributed by atoms with E-state index >= 15 is 0 Å². The lowest BCUT2D eigenvalue weighted by atomic mass is 10.3. The number of hydrogen-bond donors (Lipinski definition) is 0. The maximum Gasteiger partial charge on any atom is 0.425 e. The van der Waals surface area contributed by atoms with Crippen LogP contribution in [-0.4, -0.2) is 22.2 Å². The van der Waals surface area contributed by atoms with E-state index in [9.17, 15) is 23.3 Å². The van der Waals surface area contributed by atoms with Gasteiger partial charge >= 0.3 is 11.9 Å². The smallest absolute Gasteiger partial charge is 0.425 e. The van der Waals surface area contributed by atoms with Gasteiger partial charge in [-0.2, -0.15) is 13.2 Å². The quantitative estimate of drug-likeness (QED) is 0.635. The van der Waals surface area contributed by atoms with E-state index in [0.717, 1.165) is 19.3 Å². The zero-order valence-electron chi connectivity index (χ0n) is 8.36. The van der Waals surface area contributed by atoms with Gasteiger partial charge < -0.3 is 4.74 Å². The molecule has 1 aromatic heterocycles. The number of rotatable bonds is 3. The van der Waals surface area contributed by atoms with Crippen LogP contribution in [0.1, 0.15) is 6.92 Å². The molecule has 0 aliphatic heterocycles. The Balaban J connectivity index is 3.09. The minimum Gasteiger partial charge on any atom is -0.473 e. The highest BCUT2D eigenvalue weighted by Crippen LogP contribution is 2.36. The van der Waals surface area contributed by atoms with Crippen molar-refractivity contribution in [2.45, 2.75) is 19.2 Å². The molecule has 0 aromatic carbocycles. The van der Waals surface area contributed by atoms with Crippen molar-refractivity contribution in [1.29, 1.82) is 0 Å². The molecule has 0 saturated carbocycles. The maximum atomic E-state index is 12.3. The van der Waals surface area contributed by atoms with Crippen LogP contribution < -0.4 is 4.74 Å². The zero-order chi connectivity index (χ0) is 13.2. The Bertz CT molecular complexity index is 439. The molecule has 0 bridgehead atoms. The first kappa shape index (κ1) is 13.7. The summed E-state index contributed by atoms with van der Waals surface area (Å²) >= 11 is 2.85. The maximum absolute atomic E-state index is 12.3. The fourth-order valence-electron chi connectivity index (χ4n) is 0.903. The van der Waals surface area contributed by atoms with Gasteiger partial charge in [0.15, 0.2) is 6.10 Å². The van der Waals surface area contributed by atoms with Gasteiger partial charge in [-0.15, -0.1) is 0 Å².